The molecule has 1 aliphatic rings. The highest BCUT2D eigenvalue weighted by Gasteiger charge is 2.24. The Labute approximate surface area is 107 Å². The molecule has 0 bridgehead atoms. The second-order valence-corrected chi connectivity index (χ2v) is 4.71. The number of hydrogen-bond donors (Lipinski definition) is 1. The van der Waals surface area contributed by atoms with Crippen molar-refractivity contribution >= 4 is 5.69 Å². The van der Waals surface area contributed by atoms with Crippen molar-refractivity contribution in [3.63, 3.8) is 0 Å². The molecule has 0 saturated heterocycles. The molecule has 92 valence electrons. The molecule has 0 radical (unpaired) electrons. The summed E-state index contributed by atoms with van der Waals surface area (Å²) in [4.78, 5) is 4.50. The van der Waals surface area contributed by atoms with E-state index in [1.54, 1.807) is 7.11 Å². The summed E-state index contributed by atoms with van der Waals surface area (Å²) >= 11 is 0. The van der Waals surface area contributed by atoms with Crippen molar-refractivity contribution in [2.45, 2.75) is 18.8 Å². The van der Waals surface area contributed by atoms with E-state index in [1.807, 2.05) is 30.5 Å². The maximum Gasteiger partial charge on any atom is 0.118 e. The Hall–Kier alpha value is -2.03. The number of nitrogens with two attached hydrogens (primary N) is 1. The number of aromatic nitrogens is 1. The minimum Gasteiger partial charge on any atom is -0.497 e. The molecule has 0 spiro atoms. The number of nitrogens with zero attached hydrogens (tertiary/aromatic N) is 1. The summed E-state index contributed by atoms with van der Waals surface area (Å²) in [5.41, 5.74) is 9.99. The Morgan fingerprint density at radius 2 is 1.94 bits per heavy atom. The van der Waals surface area contributed by atoms with Crippen molar-refractivity contribution in [1.82, 2.24) is 4.98 Å². The van der Waals surface area contributed by atoms with E-state index in [-0.39, 0.29) is 0 Å². The van der Waals surface area contributed by atoms with E-state index in [0.717, 1.165) is 22.7 Å². The lowest BCUT2D eigenvalue weighted by atomic mass is 10.1. The van der Waals surface area contributed by atoms with Crippen molar-refractivity contribution in [2.24, 2.45) is 0 Å². The molecule has 1 heterocycles. The van der Waals surface area contributed by atoms with Gasteiger partial charge in [0, 0.05) is 11.8 Å². The van der Waals surface area contributed by atoms with Gasteiger partial charge in [0.05, 0.1) is 18.5 Å². The molecule has 3 rings (SSSR count). The molecule has 1 aromatic carbocycles. The molecule has 1 aliphatic carbocycles. The number of hydrogen-bond acceptors (Lipinski definition) is 3. The van der Waals surface area contributed by atoms with Crippen LogP contribution in [0.1, 0.15) is 24.3 Å². The van der Waals surface area contributed by atoms with Gasteiger partial charge in [-0.05, 0) is 54.7 Å². The average molecular weight is 240 g/mol. The highest BCUT2D eigenvalue weighted by molar-refractivity contribution is 5.73. The van der Waals surface area contributed by atoms with Crippen LogP contribution in [0.5, 0.6) is 5.75 Å². The Balaban J connectivity index is 1.94. The molecule has 0 amide bonds. The second-order valence-electron chi connectivity index (χ2n) is 4.71. The van der Waals surface area contributed by atoms with Crippen LogP contribution in [0.25, 0.3) is 11.3 Å². The molecule has 0 atom stereocenters. The molecule has 2 aromatic rings. The van der Waals surface area contributed by atoms with Crippen molar-refractivity contribution < 1.29 is 4.74 Å². The molecular formula is C15H16N2O. The normalized spacial score (nSPS) is 14.5. The molecular weight excluding hydrogens is 224 g/mol. The standard InChI is InChI=1S/C15H16N2O/c1-18-13-6-4-11(5-7-13)15-14(16)8-12(9-17-15)10-2-3-10/h4-10H,2-3,16H2,1H3. The minimum atomic E-state index is 0.685. The molecule has 0 unspecified atom stereocenters. The van der Waals surface area contributed by atoms with E-state index in [1.165, 1.54) is 18.4 Å². The highest BCUT2D eigenvalue weighted by Crippen LogP contribution is 2.41. The number of methoxy groups -OCH3 is 1. The first kappa shape index (κ1) is 11.1. The summed E-state index contributed by atoms with van der Waals surface area (Å²) in [5, 5.41) is 0. The van der Waals surface area contributed by atoms with Crippen LogP contribution in [-0.4, -0.2) is 12.1 Å². The van der Waals surface area contributed by atoms with Crippen molar-refractivity contribution in [3.8, 4) is 17.0 Å². The maximum atomic E-state index is 6.10. The van der Waals surface area contributed by atoms with E-state index in [4.69, 9.17) is 10.5 Å². The van der Waals surface area contributed by atoms with E-state index in [2.05, 4.69) is 11.1 Å². The maximum absolute atomic E-state index is 6.10. The Morgan fingerprint density at radius 3 is 2.50 bits per heavy atom. The predicted molar refractivity (Wildman–Crippen MR) is 72.6 cm³/mol. The van der Waals surface area contributed by atoms with E-state index < -0.39 is 0 Å². The fourth-order valence-electron chi connectivity index (χ4n) is 2.13. The lowest BCUT2D eigenvalue weighted by molar-refractivity contribution is 0.415. The molecule has 18 heavy (non-hydrogen) atoms. The summed E-state index contributed by atoms with van der Waals surface area (Å²) in [6, 6.07) is 9.86. The zero-order valence-corrected chi connectivity index (χ0v) is 10.4. The molecule has 1 fully saturated rings. The van der Waals surface area contributed by atoms with Crippen LogP contribution in [0.3, 0.4) is 0 Å². The molecule has 1 saturated carbocycles. The highest BCUT2D eigenvalue weighted by atomic mass is 16.5. The minimum absolute atomic E-state index is 0.685. The van der Waals surface area contributed by atoms with Gasteiger partial charge in [0.25, 0.3) is 0 Å². The van der Waals surface area contributed by atoms with Gasteiger partial charge >= 0.3 is 0 Å². The van der Waals surface area contributed by atoms with Crippen LogP contribution < -0.4 is 10.5 Å². The quantitative estimate of drug-likeness (QED) is 0.896. The number of benzene rings is 1. The van der Waals surface area contributed by atoms with Crippen LogP contribution in [-0.2, 0) is 0 Å². The van der Waals surface area contributed by atoms with Crippen molar-refractivity contribution in [3.05, 3.63) is 42.1 Å². The Morgan fingerprint density at radius 1 is 1.22 bits per heavy atom. The van der Waals surface area contributed by atoms with Gasteiger partial charge in [-0.25, -0.2) is 0 Å². The summed E-state index contributed by atoms with van der Waals surface area (Å²) in [6.07, 6.45) is 4.49. The first-order valence-electron chi connectivity index (χ1n) is 6.18. The zero-order valence-electron chi connectivity index (χ0n) is 10.4. The van der Waals surface area contributed by atoms with Crippen molar-refractivity contribution in [1.29, 1.82) is 0 Å². The predicted octanol–water partition coefficient (Wildman–Crippen LogP) is 3.22. The zero-order chi connectivity index (χ0) is 12.5. The second kappa shape index (κ2) is 4.33. The van der Waals surface area contributed by atoms with Gasteiger partial charge in [-0.3, -0.25) is 4.98 Å². The van der Waals surface area contributed by atoms with E-state index >= 15 is 0 Å². The third kappa shape index (κ3) is 2.04. The van der Waals surface area contributed by atoms with E-state index in [9.17, 15) is 0 Å². The summed E-state index contributed by atoms with van der Waals surface area (Å²) < 4.78 is 5.14. The van der Waals surface area contributed by atoms with Gasteiger partial charge in [0.1, 0.15) is 5.75 Å². The smallest absolute Gasteiger partial charge is 0.118 e. The molecule has 3 heteroatoms. The fourth-order valence-corrected chi connectivity index (χ4v) is 2.13. The van der Waals surface area contributed by atoms with Gasteiger partial charge in [-0.2, -0.15) is 0 Å². The SMILES string of the molecule is COc1ccc(-c2ncc(C3CC3)cc2N)cc1. The number of anilines is 1. The largest absolute Gasteiger partial charge is 0.497 e. The van der Waals surface area contributed by atoms with Gasteiger partial charge < -0.3 is 10.5 Å². The summed E-state index contributed by atoms with van der Waals surface area (Å²) in [5.74, 6) is 1.52. The Kier molecular flexibility index (Phi) is 2.67. The first-order chi connectivity index (χ1) is 8.78. The number of rotatable bonds is 3. The summed E-state index contributed by atoms with van der Waals surface area (Å²) in [6.45, 7) is 0. The van der Waals surface area contributed by atoms with Crippen LogP contribution in [0.15, 0.2) is 36.5 Å². The molecule has 1 aromatic heterocycles. The van der Waals surface area contributed by atoms with Crippen LogP contribution in [0.2, 0.25) is 0 Å². The van der Waals surface area contributed by atoms with E-state index in [0.29, 0.717) is 5.92 Å². The van der Waals surface area contributed by atoms with Gasteiger partial charge in [-0.1, -0.05) is 0 Å². The number of ether oxygens (including phenoxy) is 1. The Bertz CT molecular complexity index is 559. The third-order valence-electron chi connectivity index (χ3n) is 3.35. The topological polar surface area (TPSA) is 48.1 Å². The third-order valence-corrected chi connectivity index (χ3v) is 3.35. The van der Waals surface area contributed by atoms with Crippen LogP contribution >= 0.6 is 0 Å². The van der Waals surface area contributed by atoms with Gasteiger partial charge in [0.15, 0.2) is 0 Å². The lowest BCUT2D eigenvalue weighted by Gasteiger charge is -2.08. The molecule has 3 nitrogen and oxygen atoms in total. The van der Waals surface area contributed by atoms with Gasteiger partial charge in [-0.15, -0.1) is 0 Å². The monoisotopic (exact) mass is 240 g/mol. The summed E-state index contributed by atoms with van der Waals surface area (Å²) in [7, 11) is 1.66. The average Bonchev–Trinajstić information content (AvgIpc) is 3.23. The molecule has 0 aliphatic heterocycles. The van der Waals surface area contributed by atoms with Gasteiger partial charge in [0.2, 0.25) is 0 Å². The molecule has 2 N–H and O–H groups in total. The first-order valence-corrected chi connectivity index (χ1v) is 6.18. The number of pyridine rings is 1. The lowest BCUT2D eigenvalue weighted by Crippen LogP contribution is -1.95. The van der Waals surface area contributed by atoms with Crippen LogP contribution in [0.4, 0.5) is 5.69 Å². The van der Waals surface area contributed by atoms with Crippen LogP contribution in [0, 0.1) is 0 Å². The van der Waals surface area contributed by atoms with Crippen molar-refractivity contribution in [2.75, 3.05) is 12.8 Å². The number of nitrogen functional groups attached to an aromatic ring is 1. The fraction of sp³-hybridized carbons (Fsp3) is 0.267.